The lowest BCUT2D eigenvalue weighted by molar-refractivity contribution is 0.0988. The predicted octanol–water partition coefficient (Wildman–Crippen LogP) is 4.52. The van der Waals surface area contributed by atoms with Crippen LogP contribution in [0.5, 0.6) is 0 Å². The molecule has 0 aliphatic rings. The highest BCUT2D eigenvalue weighted by molar-refractivity contribution is 6.30. The van der Waals surface area contributed by atoms with Gasteiger partial charge in [-0.2, -0.15) is 0 Å². The second kappa shape index (κ2) is 5.54. The summed E-state index contributed by atoms with van der Waals surface area (Å²) in [5.74, 6) is -0.796. The van der Waals surface area contributed by atoms with Crippen molar-refractivity contribution < 1.29 is 9.18 Å². The summed E-state index contributed by atoms with van der Waals surface area (Å²) in [6.45, 7) is 3.90. The Morgan fingerprint density at radius 3 is 2.37 bits per heavy atom. The van der Waals surface area contributed by atoms with Crippen molar-refractivity contribution in [3.8, 4) is 0 Å². The Morgan fingerprint density at radius 2 is 1.79 bits per heavy atom. The van der Waals surface area contributed by atoms with E-state index in [9.17, 15) is 9.18 Å². The van der Waals surface area contributed by atoms with Gasteiger partial charge in [-0.15, -0.1) is 0 Å². The van der Waals surface area contributed by atoms with E-state index in [1.54, 1.807) is 0 Å². The molecule has 0 amide bonds. The smallest absolute Gasteiger partial charge is 0.170 e. The molecule has 0 N–H and O–H groups in total. The van der Waals surface area contributed by atoms with Crippen LogP contribution in [-0.4, -0.2) is 5.78 Å². The fraction of sp³-hybridized carbons (Fsp3) is 0.188. The molecule has 0 atom stereocenters. The third-order valence-corrected chi connectivity index (χ3v) is 3.45. The van der Waals surface area contributed by atoms with E-state index in [1.807, 2.05) is 32.0 Å². The van der Waals surface area contributed by atoms with Crippen LogP contribution in [0.15, 0.2) is 36.4 Å². The Hall–Kier alpha value is -1.67. The van der Waals surface area contributed by atoms with E-state index in [4.69, 9.17) is 11.6 Å². The van der Waals surface area contributed by atoms with Crippen LogP contribution in [0.2, 0.25) is 5.02 Å². The maximum atomic E-state index is 13.7. The zero-order valence-electron chi connectivity index (χ0n) is 10.8. The first-order valence-electron chi connectivity index (χ1n) is 6.02. The lowest BCUT2D eigenvalue weighted by atomic mass is 9.95. The Bertz CT molecular complexity index is 614. The van der Waals surface area contributed by atoms with Crippen LogP contribution in [0.25, 0.3) is 0 Å². The third-order valence-electron chi connectivity index (χ3n) is 3.21. The molecule has 2 aromatic rings. The fourth-order valence-corrected chi connectivity index (χ4v) is 2.26. The molecule has 0 heterocycles. The molecule has 0 aromatic heterocycles. The zero-order chi connectivity index (χ0) is 14.0. The average Bonchev–Trinajstić information content (AvgIpc) is 2.33. The van der Waals surface area contributed by atoms with Gasteiger partial charge in [-0.1, -0.05) is 29.8 Å². The molecular formula is C16H14ClFO. The van der Waals surface area contributed by atoms with Gasteiger partial charge in [-0.3, -0.25) is 4.79 Å². The van der Waals surface area contributed by atoms with Crippen molar-refractivity contribution in [1.29, 1.82) is 0 Å². The van der Waals surface area contributed by atoms with Crippen molar-refractivity contribution in [3.63, 3.8) is 0 Å². The van der Waals surface area contributed by atoms with Gasteiger partial charge in [-0.25, -0.2) is 4.39 Å². The monoisotopic (exact) mass is 276 g/mol. The molecule has 0 fully saturated rings. The number of hydrogen-bond donors (Lipinski definition) is 0. The van der Waals surface area contributed by atoms with Crippen molar-refractivity contribution in [2.24, 2.45) is 0 Å². The number of carbonyl (C=O) groups excluding carboxylic acids is 1. The van der Waals surface area contributed by atoms with Crippen molar-refractivity contribution >= 4 is 17.4 Å². The molecule has 19 heavy (non-hydrogen) atoms. The SMILES string of the molecule is Cc1cccc(C)c1CC(=O)c1ccc(Cl)cc1F. The van der Waals surface area contributed by atoms with E-state index in [-0.39, 0.29) is 17.8 Å². The summed E-state index contributed by atoms with van der Waals surface area (Å²) in [6, 6.07) is 9.98. The van der Waals surface area contributed by atoms with Crippen LogP contribution >= 0.6 is 11.6 Å². The first kappa shape index (κ1) is 13.8. The minimum absolute atomic E-state index is 0.0899. The molecule has 0 aliphatic carbocycles. The highest BCUT2D eigenvalue weighted by atomic mass is 35.5. The summed E-state index contributed by atoms with van der Waals surface area (Å²) in [7, 11) is 0. The van der Waals surface area contributed by atoms with Crippen LogP contribution in [0.3, 0.4) is 0 Å². The maximum absolute atomic E-state index is 13.7. The van der Waals surface area contributed by atoms with Crippen molar-refractivity contribution in [3.05, 3.63) is 69.5 Å². The second-order valence-corrected chi connectivity index (χ2v) is 5.03. The Kier molecular flexibility index (Phi) is 4.01. The van der Waals surface area contributed by atoms with E-state index in [2.05, 4.69) is 0 Å². The van der Waals surface area contributed by atoms with Gasteiger partial charge in [0, 0.05) is 11.4 Å². The van der Waals surface area contributed by atoms with Gasteiger partial charge < -0.3 is 0 Å². The molecule has 0 radical (unpaired) electrons. The molecule has 0 bridgehead atoms. The lowest BCUT2D eigenvalue weighted by Crippen LogP contribution is -2.08. The van der Waals surface area contributed by atoms with Gasteiger partial charge in [0.1, 0.15) is 5.82 Å². The summed E-state index contributed by atoms with van der Waals surface area (Å²) in [4.78, 5) is 12.2. The number of aryl methyl sites for hydroxylation is 2. The van der Waals surface area contributed by atoms with E-state index in [0.717, 1.165) is 16.7 Å². The summed E-state index contributed by atoms with van der Waals surface area (Å²) < 4.78 is 13.7. The predicted molar refractivity (Wildman–Crippen MR) is 75.4 cm³/mol. The normalized spacial score (nSPS) is 10.5. The zero-order valence-corrected chi connectivity index (χ0v) is 11.6. The molecule has 1 nitrogen and oxygen atoms in total. The minimum atomic E-state index is -0.566. The van der Waals surface area contributed by atoms with E-state index < -0.39 is 5.82 Å². The van der Waals surface area contributed by atoms with Gasteiger partial charge in [0.15, 0.2) is 5.78 Å². The Labute approximate surface area is 117 Å². The molecule has 3 heteroatoms. The number of halogens is 2. The number of Topliss-reactive ketones (excluding diaryl/α,β-unsaturated/α-hetero) is 1. The maximum Gasteiger partial charge on any atom is 0.170 e. The number of ketones is 1. The van der Waals surface area contributed by atoms with E-state index in [0.29, 0.717) is 5.02 Å². The van der Waals surface area contributed by atoms with Crippen LogP contribution in [0.4, 0.5) is 4.39 Å². The molecule has 2 rings (SSSR count). The summed E-state index contributed by atoms with van der Waals surface area (Å²) in [5.41, 5.74) is 3.14. The van der Waals surface area contributed by atoms with Crippen molar-refractivity contribution in [1.82, 2.24) is 0 Å². The molecule has 2 aromatic carbocycles. The van der Waals surface area contributed by atoms with Crippen LogP contribution in [-0.2, 0) is 6.42 Å². The Balaban J connectivity index is 2.31. The molecule has 0 saturated heterocycles. The van der Waals surface area contributed by atoms with Gasteiger partial charge >= 0.3 is 0 Å². The average molecular weight is 277 g/mol. The highest BCUT2D eigenvalue weighted by Gasteiger charge is 2.14. The molecule has 0 saturated carbocycles. The van der Waals surface area contributed by atoms with E-state index in [1.165, 1.54) is 18.2 Å². The van der Waals surface area contributed by atoms with Crippen LogP contribution in [0.1, 0.15) is 27.0 Å². The fourth-order valence-electron chi connectivity index (χ4n) is 2.10. The molecule has 0 unspecified atom stereocenters. The quantitative estimate of drug-likeness (QED) is 0.753. The highest BCUT2D eigenvalue weighted by Crippen LogP contribution is 2.19. The first-order valence-corrected chi connectivity index (χ1v) is 6.40. The van der Waals surface area contributed by atoms with Crippen molar-refractivity contribution in [2.45, 2.75) is 20.3 Å². The largest absolute Gasteiger partial charge is 0.294 e. The number of benzene rings is 2. The van der Waals surface area contributed by atoms with Crippen molar-refractivity contribution in [2.75, 3.05) is 0 Å². The minimum Gasteiger partial charge on any atom is -0.294 e. The number of hydrogen-bond acceptors (Lipinski definition) is 1. The first-order chi connectivity index (χ1) is 8.99. The number of rotatable bonds is 3. The standard InChI is InChI=1S/C16H14ClFO/c1-10-4-3-5-11(2)14(10)9-16(19)13-7-6-12(17)8-15(13)18/h3-8H,9H2,1-2H3. The van der Waals surface area contributed by atoms with Gasteiger partial charge in [0.25, 0.3) is 0 Å². The molecule has 0 aliphatic heterocycles. The summed E-state index contributed by atoms with van der Waals surface area (Å²) >= 11 is 5.68. The lowest BCUT2D eigenvalue weighted by Gasteiger charge is -2.09. The Morgan fingerprint density at radius 1 is 1.16 bits per heavy atom. The van der Waals surface area contributed by atoms with Gasteiger partial charge in [0.05, 0.1) is 5.56 Å². The second-order valence-electron chi connectivity index (χ2n) is 4.59. The van der Waals surface area contributed by atoms with Crippen LogP contribution in [0, 0.1) is 19.7 Å². The summed E-state index contributed by atoms with van der Waals surface area (Å²) in [6.07, 6.45) is 0.205. The third kappa shape index (κ3) is 3.02. The van der Waals surface area contributed by atoms with Crippen LogP contribution < -0.4 is 0 Å². The summed E-state index contributed by atoms with van der Waals surface area (Å²) in [5, 5.41) is 0.293. The molecular weight excluding hydrogens is 263 g/mol. The van der Waals surface area contributed by atoms with Gasteiger partial charge in [0.2, 0.25) is 0 Å². The van der Waals surface area contributed by atoms with Gasteiger partial charge in [-0.05, 0) is 48.7 Å². The molecule has 0 spiro atoms. The molecule has 98 valence electrons. The topological polar surface area (TPSA) is 17.1 Å². The van der Waals surface area contributed by atoms with E-state index >= 15 is 0 Å². The number of carbonyl (C=O) groups is 1.